The van der Waals surface area contributed by atoms with Crippen LogP contribution in [0.5, 0.6) is 0 Å². The molecule has 0 saturated carbocycles. The van der Waals surface area contributed by atoms with Gasteiger partial charge in [-0.2, -0.15) is 13.2 Å². The van der Waals surface area contributed by atoms with Gasteiger partial charge in [-0.25, -0.2) is 8.42 Å². The van der Waals surface area contributed by atoms with Gasteiger partial charge in [-0.1, -0.05) is 12.1 Å². The number of aromatic nitrogens is 1. The Kier molecular flexibility index (Phi) is 2.98. The summed E-state index contributed by atoms with van der Waals surface area (Å²) in [6.45, 7) is 0. The van der Waals surface area contributed by atoms with Gasteiger partial charge >= 0.3 is 6.18 Å². The zero-order valence-corrected chi connectivity index (χ0v) is 10.1. The highest BCUT2D eigenvalue weighted by Crippen LogP contribution is 2.37. The number of hydrogen-bond donors (Lipinski definition) is 0. The lowest BCUT2D eigenvalue weighted by Crippen LogP contribution is -2.08. The van der Waals surface area contributed by atoms with Crippen LogP contribution >= 0.6 is 10.7 Å². The number of benzene rings is 1. The smallest absolute Gasteiger partial charge is 0.263 e. The third-order valence-corrected chi connectivity index (χ3v) is 3.68. The normalized spacial score (nSPS) is 12.9. The highest BCUT2D eigenvalue weighted by atomic mass is 35.7. The van der Waals surface area contributed by atoms with E-state index in [9.17, 15) is 21.6 Å². The molecule has 0 aliphatic carbocycles. The number of fused-ring (bicyclic) bond motifs is 1. The quantitative estimate of drug-likeness (QED) is 0.759. The van der Waals surface area contributed by atoms with Crippen LogP contribution in [-0.2, 0) is 15.2 Å². The summed E-state index contributed by atoms with van der Waals surface area (Å²) in [5.74, 6) is 0. The molecule has 0 atom stereocenters. The highest BCUT2D eigenvalue weighted by molar-refractivity contribution is 8.14. The van der Waals surface area contributed by atoms with E-state index in [-0.39, 0.29) is 5.39 Å². The van der Waals surface area contributed by atoms with Crippen LogP contribution in [0, 0.1) is 0 Å². The summed E-state index contributed by atoms with van der Waals surface area (Å²) < 4.78 is 61.0. The fraction of sp³-hybridized carbons (Fsp3) is 0.100. The summed E-state index contributed by atoms with van der Waals surface area (Å²) in [5, 5.41) is -0.401. The van der Waals surface area contributed by atoms with Crippen molar-refractivity contribution in [1.82, 2.24) is 4.98 Å². The molecule has 3 nitrogen and oxygen atoms in total. The van der Waals surface area contributed by atoms with E-state index in [2.05, 4.69) is 4.98 Å². The van der Waals surface area contributed by atoms with Crippen LogP contribution in [-0.4, -0.2) is 13.4 Å². The molecule has 0 aliphatic heterocycles. The Hall–Kier alpha value is -1.34. The number of pyridine rings is 1. The molecule has 96 valence electrons. The molecule has 18 heavy (non-hydrogen) atoms. The molecule has 0 saturated heterocycles. The van der Waals surface area contributed by atoms with E-state index in [1.165, 1.54) is 12.1 Å². The van der Waals surface area contributed by atoms with Gasteiger partial charge in [0.15, 0.2) is 0 Å². The first kappa shape index (κ1) is 13.1. The molecule has 0 amide bonds. The molecule has 0 fully saturated rings. The largest absolute Gasteiger partial charge is 0.418 e. The maximum absolute atomic E-state index is 12.8. The summed E-state index contributed by atoms with van der Waals surface area (Å²) in [7, 11) is 0.876. The maximum atomic E-state index is 12.8. The van der Waals surface area contributed by atoms with Crippen LogP contribution < -0.4 is 0 Å². The molecule has 1 aromatic carbocycles. The van der Waals surface area contributed by atoms with Crippen LogP contribution in [0.3, 0.4) is 0 Å². The molecule has 1 heterocycles. The second-order valence-electron chi connectivity index (χ2n) is 3.48. The number of halogens is 4. The summed E-state index contributed by atoms with van der Waals surface area (Å²) in [5.41, 5.74) is -1.13. The lowest BCUT2D eigenvalue weighted by Gasteiger charge is -2.11. The molecule has 0 aliphatic rings. The number of nitrogens with zero attached hydrogens (tertiary/aromatic N) is 1. The van der Waals surface area contributed by atoms with Crippen molar-refractivity contribution in [1.29, 1.82) is 0 Å². The third-order valence-electron chi connectivity index (χ3n) is 2.31. The van der Waals surface area contributed by atoms with Crippen LogP contribution in [0.4, 0.5) is 13.2 Å². The predicted octanol–water partition coefficient (Wildman–Crippen LogP) is 3.18. The lowest BCUT2D eigenvalue weighted by atomic mass is 10.1. The van der Waals surface area contributed by atoms with Gasteiger partial charge in [-0.3, -0.25) is 4.98 Å². The van der Waals surface area contributed by atoms with E-state index < -0.39 is 31.1 Å². The van der Waals surface area contributed by atoms with Crippen LogP contribution in [0.2, 0.25) is 0 Å². The van der Waals surface area contributed by atoms with Gasteiger partial charge in [0.05, 0.1) is 10.5 Å². The average Bonchev–Trinajstić information content (AvgIpc) is 2.24. The minimum absolute atomic E-state index is 0.0616. The Morgan fingerprint density at radius 3 is 2.39 bits per heavy atom. The zero-order valence-electron chi connectivity index (χ0n) is 8.57. The SMILES string of the molecule is O=S(=O)(Cl)c1cccc2cncc(C(F)(F)F)c12. The second kappa shape index (κ2) is 4.10. The minimum atomic E-state index is -4.70. The van der Waals surface area contributed by atoms with Gasteiger partial charge in [0, 0.05) is 33.8 Å². The lowest BCUT2D eigenvalue weighted by molar-refractivity contribution is -0.136. The first-order valence-electron chi connectivity index (χ1n) is 4.60. The Morgan fingerprint density at radius 2 is 1.83 bits per heavy atom. The molecule has 0 unspecified atom stereocenters. The Morgan fingerprint density at radius 1 is 1.17 bits per heavy atom. The molecule has 0 N–H and O–H groups in total. The summed E-state index contributed by atoms with van der Waals surface area (Å²) in [4.78, 5) is 2.87. The molecule has 2 rings (SSSR count). The molecule has 0 radical (unpaired) electrons. The second-order valence-corrected chi connectivity index (χ2v) is 6.01. The Balaban J connectivity index is 2.99. The van der Waals surface area contributed by atoms with E-state index in [1.807, 2.05) is 0 Å². The van der Waals surface area contributed by atoms with Crippen molar-refractivity contribution >= 4 is 30.5 Å². The maximum Gasteiger partial charge on any atom is 0.418 e. The van der Waals surface area contributed by atoms with Gasteiger partial charge in [0.1, 0.15) is 0 Å². The van der Waals surface area contributed by atoms with Gasteiger partial charge in [-0.15, -0.1) is 0 Å². The number of alkyl halides is 3. The number of rotatable bonds is 1. The van der Waals surface area contributed by atoms with E-state index >= 15 is 0 Å². The fourth-order valence-electron chi connectivity index (χ4n) is 1.62. The van der Waals surface area contributed by atoms with E-state index in [0.717, 1.165) is 12.3 Å². The Labute approximate surface area is 105 Å². The summed E-state index contributed by atoms with van der Waals surface area (Å²) in [6.07, 6.45) is -2.98. The topological polar surface area (TPSA) is 47.0 Å². The standard InChI is InChI=1S/C10H5ClF3NO2S/c11-18(16,17)8-3-1-2-6-4-15-5-7(9(6)8)10(12,13)14/h1-5H. The molecule has 2 aromatic rings. The molecule has 1 aromatic heterocycles. The third kappa shape index (κ3) is 2.28. The van der Waals surface area contributed by atoms with Crippen molar-refractivity contribution in [2.24, 2.45) is 0 Å². The summed E-state index contributed by atoms with van der Waals surface area (Å²) >= 11 is 0. The van der Waals surface area contributed by atoms with Crippen molar-refractivity contribution in [3.8, 4) is 0 Å². The van der Waals surface area contributed by atoms with Crippen molar-refractivity contribution in [2.45, 2.75) is 11.1 Å². The van der Waals surface area contributed by atoms with Crippen molar-refractivity contribution in [2.75, 3.05) is 0 Å². The van der Waals surface area contributed by atoms with Gasteiger partial charge in [0.2, 0.25) is 0 Å². The molecular formula is C10H5ClF3NO2S. The molecule has 8 heteroatoms. The average molecular weight is 296 g/mol. The van der Waals surface area contributed by atoms with Crippen LogP contribution in [0.15, 0.2) is 35.5 Å². The highest BCUT2D eigenvalue weighted by Gasteiger charge is 2.35. The minimum Gasteiger partial charge on any atom is -0.263 e. The van der Waals surface area contributed by atoms with E-state index in [1.54, 1.807) is 0 Å². The van der Waals surface area contributed by atoms with Gasteiger partial charge in [-0.05, 0) is 6.07 Å². The monoisotopic (exact) mass is 295 g/mol. The van der Waals surface area contributed by atoms with E-state index in [4.69, 9.17) is 10.7 Å². The van der Waals surface area contributed by atoms with Crippen molar-refractivity contribution < 1.29 is 21.6 Å². The zero-order chi connectivity index (χ0) is 13.6. The van der Waals surface area contributed by atoms with Crippen molar-refractivity contribution in [3.05, 3.63) is 36.2 Å². The van der Waals surface area contributed by atoms with Crippen LogP contribution in [0.25, 0.3) is 10.8 Å². The van der Waals surface area contributed by atoms with Gasteiger partial charge < -0.3 is 0 Å². The first-order chi connectivity index (χ1) is 8.21. The molecule has 0 bridgehead atoms. The fourth-order valence-corrected chi connectivity index (χ4v) is 2.72. The summed E-state index contributed by atoms with van der Waals surface area (Å²) in [6, 6.07) is 3.67. The molecular weight excluding hydrogens is 291 g/mol. The Bertz CT molecular complexity index is 707. The van der Waals surface area contributed by atoms with E-state index in [0.29, 0.717) is 6.20 Å². The number of hydrogen-bond acceptors (Lipinski definition) is 3. The van der Waals surface area contributed by atoms with Gasteiger partial charge in [0.25, 0.3) is 9.05 Å². The predicted molar refractivity (Wildman–Crippen MR) is 59.8 cm³/mol. The first-order valence-corrected chi connectivity index (χ1v) is 6.91. The molecule has 0 spiro atoms. The van der Waals surface area contributed by atoms with Crippen molar-refractivity contribution in [3.63, 3.8) is 0 Å². The van der Waals surface area contributed by atoms with Crippen LogP contribution in [0.1, 0.15) is 5.56 Å².